The van der Waals surface area contributed by atoms with Gasteiger partial charge in [0.1, 0.15) is 0 Å². The monoisotopic (exact) mass is 586 g/mol. The van der Waals surface area contributed by atoms with Crippen LogP contribution in [0.5, 0.6) is 0 Å². The smallest absolute Gasteiger partial charge is 0.328 e. The average Bonchev–Trinajstić information content (AvgIpc) is 3.44. The zero-order chi connectivity index (χ0) is 28.9. The number of rotatable bonds is 9. The van der Waals surface area contributed by atoms with Gasteiger partial charge in [-0.25, -0.2) is 9.59 Å². The van der Waals surface area contributed by atoms with Crippen LogP contribution >= 0.6 is 23.2 Å². The van der Waals surface area contributed by atoms with Crippen LogP contribution in [-0.2, 0) is 27.2 Å². The number of carboxylic acids is 2. The summed E-state index contributed by atoms with van der Waals surface area (Å²) in [5.74, 6) is -2.32. The normalized spacial score (nSPS) is 18.5. The second-order valence-electron chi connectivity index (χ2n) is 10.0. The van der Waals surface area contributed by atoms with Gasteiger partial charge in [-0.3, -0.25) is 4.79 Å². The second-order valence-corrected chi connectivity index (χ2v) is 10.8. The highest BCUT2D eigenvalue weighted by molar-refractivity contribution is 6.42. The van der Waals surface area contributed by atoms with E-state index in [0.29, 0.717) is 28.6 Å². The minimum atomic E-state index is -1.26. The van der Waals surface area contributed by atoms with Crippen LogP contribution in [0.1, 0.15) is 43.2 Å². The van der Waals surface area contributed by atoms with Crippen molar-refractivity contribution in [1.29, 1.82) is 0 Å². The first-order chi connectivity index (χ1) is 19.2. The molecule has 0 radical (unpaired) electrons. The van der Waals surface area contributed by atoms with Gasteiger partial charge in [0.2, 0.25) is 5.91 Å². The van der Waals surface area contributed by atoms with Gasteiger partial charge >= 0.3 is 11.9 Å². The molecule has 4 rings (SSSR count). The lowest BCUT2D eigenvalue weighted by atomic mass is 9.93. The Bertz CT molecular complexity index is 1190. The molecule has 1 unspecified atom stereocenters. The number of carbonyl (C=O) groups excluding carboxylic acids is 1. The molecule has 2 aliphatic rings. The Morgan fingerprint density at radius 3 is 2.17 bits per heavy atom. The number of carboxylic acid groups (broad SMARTS) is 2. The molecular formula is C31H36Cl2N2O5. The first-order valence-corrected chi connectivity index (χ1v) is 14.3. The number of benzene rings is 2. The average molecular weight is 588 g/mol. The summed E-state index contributed by atoms with van der Waals surface area (Å²) in [5, 5.41) is 16.7. The molecule has 9 heteroatoms. The molecule has 0 spiro atoms. The van der Waals surface area contributed by atoms with E-state index in [1.54, 1.807) is 6.07 Å². The Morgan fingerprint density at radius 2 is 1.55 bits per heavy atom. The largest absolute Gasteiger partial charge is 0.478 e. The van der Waals surface area contributed by atoms with E-state index in [-0.39, 0.29) is 11.9 Å². The second kappa shape index (κ2) is 16.2. The van der Waals surface area contributed by atoms with Crippen LogP contribution < -0.4 is 0 Å². The van der Waals surface area contributed by atoms with Crippen LogP contribution in [0.25, 0.3) is 0 Å². The quantitative estimate of drug-likeness (QED) is 0.280. The van der Waals surface area contributed by atoms with Crippen molar-refractivity contribution in [3.8, 4) is 0 Å². The Balaban J connectivity index is 0.000000482. The summed E-state index contributed by atoms with van der Waals surface area (Å²) in [7, 11) is 0. The van der Waals surface area contributed by atoms with Crippen molar-refractivity contribution in [2.24, 2.45) is 0 Å². The molecule has 0 saturated carbocycles. The number of likely N-dealkylation sites (tertiary alicyclic amines) is 2. The maximum Gasteiger partial charge on any atom is 0.328 e. The molecule has 2 heterocycles. The molecule has 2 saturated heterocycles. The molecule has 40 heavy (non-hydrogen) atoms. The fraction of sp³-hybridized carbons (Fsp3) is 0.387. The van der Waals surface area contributed by atoms with Crippen molar-refractivity contribution in [1.82, 2.24) is 9.80 Å². The third kappa shape index (κ3) is 10.8. The van der Waals surface area contributed by atoms with Gasteiger partial charge in [-0.05, 0) is 74.9 Å². The molecule has 7 nitrogen and oxygen atoms in total. The minimum absolute atomic E-state index is 0.191. The maximum absolute atomic E-state index is 13.3. The van der Waals surface area contributed by atoms with Crippen molar-refractivity contribution in [3.63, 3.8) is 0 Å². The number of amides is 1. The molecular weight excluding hydrogens is 551 g/mol. The number of hydrogen-bond acceptors (Lipinski definition) is 4. The topological polar surface area (TPSA) is 98.2 Å². The lowest BCUT2D eigenvalue weighted by molar-refractivity contribution is -0.134. The number of halogens is 2. The summed E-state index contributed by atoms with van der Waals surface area (Å²) in [6.45, 7) is 4.08. The van der Waals surface area contributed by atoms with E-state index >= 15 is 0 Å². The summed E-state index contributed by atoms with van der Waals surface area (Å²) in [5.41, 5.74) is 3.81. The molecule has 1 atom stereocenters. The van der Waals surface area contributed by atoms with Crippen molar-refractivity contribution in [2.75, 3.05) is 26.2 Å². The zero-order valence-electron chi connectivity index (χ0n) is 22.5. The van der Waals surface area contributed by atoms with Gasteiger partial charge in [-0.2, -0.15) is 0 Å². The molecule has 0 aliphatic carbocycles. The molecule has 2 aromatic rings. The fourth-order valence-corrected chi connectivity index (χ4v) is 5.38. The highest BCUT2D eigenvalue weighted by Gasteiger charge is 2.30. The van der Waals surface area contributed by atoms with E-state index < -0.39 is 11.9 Å². The van der Waals surface area contributed by atoms with Crippen molar-refractivity contribution >= 4 is 41.0 Å². The standard InChI is InChI=1S/C27H32Cl2N2O.C4H4O4/c28-25-12-11-23(18-26(25)29)19-27(32)31-16-13-22(10-6-9-21-7-2-1-3-8-21)17-24(31)20-30-14-4-5-15-30;5-3(6)1-2-4(7)8/h1-3,7-8,10-12,18,24H,4-6,9,13-17,19-20H2;1-2H,(H,5,6)(H,7,8)/b;2-1-. The maximum atomic E-state index is 13.3. The van der Waals surface area contributed by atoms with Gasteiger partial charge < -0.3 is 20.0 Å². The van der Waals surface area contributed by atoms with E-state index in [1.807, 2.05) is 12.1 Å². The van der Waals surface area contributed by atoms with Crippen LogP contribution in [0.2, 0.25) is 10.0 Å². The first-order valence-electron chi connectivity index (χ1n) is 13.5. The summed E-state index contributed by atoms with van der Waals surface area (Å²) >= 11 is 12.2. The lowest BCUT2D eigenvalue weighted by Gasteiger charge is -2.39. The van der Waals surface area contributed by atoms with Crippen LogP contribution in [-0.4, -0.2) is 70.1 Å². The van der Waals surface area contributed by atoms with Gasteiger partial charge in [-0.15, -0.1) is 0 Å². The van der Waals surface area contributed by atoms with Gasteiger partial charge in [-0.1, -0.05) is 71.2 Å². The minimum Gasteiger partial charge on any atom is -0.478 e. The first kappa shape index (κ1) is 31.4. The zero-order valence-corrected chi connectivity index (χ0v) is 24.0. The fourth-order valence-electron chi connectivity index (χ4n) is 5.06. The number of allylic oxidation sites excluding steroid dienone is 1. The van der Waals surface area contributed by atoms with Crippen LogP contribution in [0.3, 0.4) is 0 Å². The van der Waals surface area contributed by atoms with Crippen molar-refractivity contribution < 1.29 is 24.6 Å². The predicted octanol–water partition coefficient (Wildman–Crippen LogP) is 5.89. The lowest BCUT2D eigenvalue weighted by Crippen LogP contribution is -2.50. The highest BCUT2D eigenvalue weighted by atomic mass is 35.5. The summed E-state index contributed by atoms with van der Waals surface area (Å²) < 4.78 is 0. The molecule has 0 bridgehead atoms. The van der Waals surface area contributed by atoms with E-state index in [9.17, 15) is 14.4 Å². The number of piperidine rings is 1. The number of hydrogen-bond donors (Lipinski definition) is 2. The Kier molecular flexibility index (Phi) is 12.7. The molecule has 214 valence electrons. The molecule has 2 fully saturated rings. The van der Waals surface area contributed by atoms with E-state index in [0.717, 1.165) is 57.4 Å². The molecule has 2 N–H and O–H groups in total. The van der Waals surface area contributed by atoms with Crippen molar-refractivity contribution in [3.05, 3.63) is 93.5 Å². The summed E-state index contributed by atoms with van der Waals surface area (Å²) in [6.07, 6.45) is 10.5. The molecule has 0 aromatic heterocycles. The SMILES string of the molecule is O=C(Cc1ccc(Cl)c(Cl)c1)N1CCC(=CCCc2ccccc2)CC1CN1CCCC1.O=C(O)/C=C\C(=O)O. The van der Waals surface area contributed by atoms with Gasteiger partial charge in [0.05, 0.1) is 16.5 Å². The van der Waals surface area contributed by atoms with Crippen LogP contribution in [0.4, 0.5) is 0 Å². The van der Waals surface area contributed by atoms with E-state index in [1.165, 1.54) is 24.0 Å². The molecule has 2 aliphatic heterocycles. The van der Waals surface area contributed by atoms with E-state index in [4.69, 9.17) is 33.4 Å². The predicted molar refractivity (Wildman–Crippen MR) is 158 cm³/mol. The summed E-state index contributed by atoms with van der Waals surface area (Å²) in [6, 6.07) is 16.4. The number of aryl methyl sites for hydroxylation is 1. The Hall–Kier alpha value is -3.13. The molecule has 2 aromatic carbocycles. The Labute approximate surface area is 245 Å². The van der Waals surface area contributed by atoms with Gasteiger partial charge in [0.25, 0.3) is 0 Å². The number of nitrogens with zero attached hydrogens (tertiary/aromatic N) is 2. The van der Waals surface area contributed by atoms with E-state index in [2.05, 4.69) is 46.2 Å². The third-order valence-electron chi connectivity index (χ3n) is 7.02. The molecule has 1 amide bonds. The van der Waals surface area contributed by atoms with Crippen LogP contribution in [0.15, 0.2) is 72.3 Å². The number of carbonyl (C=O) groups is 3. The highest BCUT2D eigenvalue weighted by Crippen LogP contribution is 2.27. The van der Waals surface area contributed by atoms with Gasteiger partial charge in [0.15, 0.2) is 0 Å². The van der Waals surface area contributed by atoms with Gasteiger partial charge in [0, 0.05) is 31.3 Å². The third-order valence-corrected chi connectivity index (χ3v) is 7.76. The van der Waals surface area contributed by atoms with Crippen molar-refractivity contribution in [2.45, 2.75) is 51.0 Å². The van der Waals surface area contributed by atoms with Crippen LogP contribution in [0, 0.1) is 0 Å². The Morgan fingerprint density at radius 1 is 0.875 bits per heavy atom. The summed E-state index contributed by atoms with van der Waals surface area (Å²) in [4.78, 5) is 37.0. The number of aliphatic carboxylic acids is 2.